The first-order valence-electron chi connectivity index (χ1n) is 6.58. The molecule has 20 heavy (non-hydrogen) atoms. The Morgan fingerprint density at radius 3 is 2.80 bits per heavy atom. The van der Waals surface area contributed by atoms with Crippen molar-refractivity contribution in [3.8, 4) is 0 Å². The molecular weight excluding hydrogens is 326 g/mol. The number of urea groups is 1. The second kappa shape index (κ2) is 8.39. The molecular formula is C13H22BrN3O3. The van der Waals surface area contributed by atoms with Gasteiger partial charge in [-0.05, 0) is 20.3 Å². The minimum absolute atomic E-state index is 0.137. The van der Waals surface area contributed by atoms with E-state index in [1.807, 2.05) is 11.8 Å². The molecule has 0 saturated heterocycles. The number of halogens is 1. The third-order valence-corrected chi connectivity index (χ3v) is 3.97. The third-order valence-electron chi connectivity index (χ3n) is 3.04. The van der Waals surface area contributed by atoms with Gasteiger partial charge in [0, 0.05) is 24.7 Å². The van der Waals surface area contributed by atoms with Gasteiger partial charge < -0.3 is 10.1 Å². The summed E-state index contributed by atoms with van der Waals surface area (Å²) in [7, 11) is 1.56. The van der Waals surface area contributed by atoms with Gasteiger partial charge in [-0.15, -0.1) is 0 Å². The molecule has 1 aliphatic heterocycles. The molecule has 1 rings (SSSR count). The predicted octanol–water partition coefficient (Wildman–Crippen LogP) is 1.22. The number of carbonyl (C=O) groups excluding carboxylic acids is 2. The van der Waals surface area contributed by atoms with Crippen molar-refractivity contribution in [3.05, 3.63) is 10.1 Å². The summed E-state index contributed by atoms with van der Waals surface area (Å²) >= 11 is 3.50. The van der Waals surface area contributed by atoms with Crippen LogP contribution in [0.5, 0.6) is 0 Å². The molecule has 3 amide bonds. The Morgan fingerprint density at radius 2 is 2.20 bits per heavy atom. The molecule has 0 unspecified atom stereocenters. The fourth-order valence-electron chi connectivity index (χ4n) is 1.93. The maximum Gasteiger partial charge on any atom is 0.321 e. The van der Waals surface area contributed by atoms with Crippen LogP contribution in [0.3, 0.4) is 0 Å². The molecule has 0 aromatic rings. The molecule has 2 N–H and O–H groups in total. The monoisotopic (exact) mass is 347 g/mol. The van der Waals surface area contributed by atoms with E-state index in [0.29, 0.717) is 13.2 Å². The van der Waals surface area contributed by atoms with Gasteiger partial charge in [-0.3, -0.25) is 15.0 Å². The van der Waals surface area contributed by atoms with Gasteiger partial charge in [0.15, 0.2) is 0 Å². The van der Waals surface area contributed by atoms with Gasteiger partial charge in [-0.25, -0.2) is 4.79 Å². The highest BCUT2D eigenvalue weighted by molar-refractivity contribution is 9.11. The van der Waals surface area contributed by atoms with Crippen LogP contribution in [0.15, 0.2) is 10.1 Å². The Morgan fingerprint density at radius 1 is 1.50 bits per heavy atom. The number of hydrogen-bond acceptors (Lipinski definition) is 4. The smallest absolute Gasteiger partial charge is 0.321 e. The molecule has 0 bridgehead atoms. The molecule has 1 heterocycles. The lowest BCUT2D eigenvalue weighted by Gasteiger charge is -2.26. The maximum atomic E-state index is 11.8. The van der Waals surface area contributed by atoms with Crippen molar-refractivity contribution in [2.75, 3.05) is 33.4 Å². The van der Waals surface area contributed by atoms with E-state index in [-0.39, 0.29) is 18.5 Å². The number of ether oxygens (including phenoxy) is 1. The lowest BCUT2D eigenvalue weighted by atomic mass is 10.1. The summed E-state index contributed by atoms with van der Waals surface area (Å²) in [5, 5.41) is 4.96. The molecule has 1 aliphatic rings. The summed E-state index contributed by atoms with van der Waals surface area (Å²) in [6, 6.07) is -0.620. The van der Waals surface area contributed by atoms with Gasteiger partial charge in [0.1, 0.15) is 0 Å². The fraction of sp³-hybridized carbons (Fsp3) is 0.692. The van der Waals surface area contributed by atoms with E-state index in [4.69, 9.17) is 4.74 Å². The molecule has 0 aromatic carbocycles. The summed E-state index contributed by atoms with van der Waals surface area (Å²) in [5.74, 6) is -0.299. The fourth-order valence-corrected chi connectivity index (χ4v) is 2.48. The van der Waals surface area contributed by atoms with E-state index >= 15 is 0 Å². The Kier molecular flexibility index (Phi) is 7.18. The maximum absolute atomic E-state index is 11.8. The minimum atomic E-state index is -0.484. The van der Waals surface area contributed by atoms with E-state index in [1.54, 1.807) is 7.11 Å². The van der Waals surface area contributed by atoms with E-state index in [0.717, 1.165) is 17.4 Å². The van der Waals surface area contributed by atoms with Gasteiger partial charge in [-0.1, -0.05) is 21.5 Å². The standard InChI is InChI=1S/C13H22BrN3O3/c1-9-4-5-17(6-11(9)14)7-12(18)16-13(19)15-10(2)8-20-3/h10H,4-8H2,1-3H3,(H2,15,16,18,19)/t10-/m1/s1. The van der Waals surface area contributed by atoms with Crippen LogP contribution in [0.1, 0.15) is 20.3 Å². The highest BCUT2D eigenvalue weighted by Crippen LogP contribution is 2.21. The first-order chi connectivity index (χ1) is 9.42. The summed E-state index contributed by atoms with van der Waals surface area (Å²) < 4.78 is 6.03. The van der Waals surface area contributed by atoms with E-state index < -0.39 is 6.03 Å². The highest BCUT2D eigenvalue weighted by Gasteiger charge is 2.18. The largest absolute Gasteiger partial charge is 0.383 e. The molecule has 0 aromatic heterocycles. The molecule has 0 spiro atoms. The van der Waals surface area contributed by atoms with Crippen LogP contribution < -0.4 is 10.6 Å². The van der Waals surface area contributed by atoms with Gasteiger partial charge >= 0.3 is 6.03 Å². The third kappa shape index (κ3) is 6.02. The van der Waals surface area contributed by atoms with Crippen molar-refractivity contribution < 1.29 is 14.3 Å². The van der Waals surface area contributed by atoms with Crippen LogP contribution in [0, 0.1) is 0 Å². The lowest BCUT2D eigenvalue weighted by molar-refractivity contribution is -0.121. The zero-order valence-electron chi connectivity index (χ0n) is 12.2. The van der Waals surface area contributed by atoms with Crippen molar-refractivity contribution in [1.29, 1.82) is 0 Å². The normalized spacial score (nSPS) is 17.8. The summed E-state index contributed by atoms with van der Waals surface area (Å²) in [4.78, 5) is 25.3. The van der Waals surface area contributed by atoms with Crippen molar-refractivity contribution >= 4 is 27.9 Å². The van der Waals surface area contributed by atoms with E-state index in [1.165, 1.54) is 5.57 Å². The van der Waals surface area contributed by atoms with E-state index in [2.05, 4.69) is 33.5 Å². The minimum Gasteiger partial charge on any atom is -0.383 e. The zero-order valence-corrected chi connectivity index (χ0v) is 13.7. The number of rotatable bonds is 5. The second-order valence-corrected chi connectivity index (χ2v) is 5.98. The van der Waals surface area contributed by atoms with E-state index in [9.17, 15) is 9.59 Å². The van der Waals surface area contributed by atoms with Gasteiger partial charge in [-0.2, -0.15) is 0 Å². The number of amides is 3. The summed E-state index contributed by atoms with van der Waals surface area (Å²) in [6.07, 6.45) is 0.935. The molecule has 0 saturated carbocycles. The van der Waals surface area contributed by atoms with Crippen molar-refractivity contribution in [1.82, 2.24) is 15.5 Å². The van der Waals surface area contributed by atoms with Crippen LogP contribution >= 0.6 is 15.9 Å². The van der Waals surface area contributed by atoms with Gasteiger partial charge in [0.25, 0.3) is 0 Å². The van der Waals surface area contributed by atoms with Crippen LogP contribution in [0.4, 0.5) is 4.79 Å². The molecule has 0 aliphatic carbocycles. The highest BCUT2D eigenvalue weighted by atomic mass is 79.9. The molecule has 114 valence electrons. The Hall–Kier alpha value is -0.920. The van der Waals surface area contributed by atoms with Crippen LogP contribution in [0.25, 0.3) is 0 Å². The van der Waals surface area contributed by atoms with Gasteiger partial charge in [0.05, 0.1) is 19.2 Å². The molecule has 7 heteroatoms. The SMILES string of the molecule is COC[C@@H](C)NC(=O)NC(=O)CN1CCC(C)=C(Br)C1. The van der Waals surface area contributed by atoms with Crippen molar-refractivity contribution in [2.24, 2.45) is 0 Å². The molecule has 1 atom stereocenters. The first-order valence-corrected chi connectivity index (χ1v) is 7.37. The zero-order chi connectivity index (χ0) is 15.1. The number of nitrogens with zero attached hydrogens (tertiary/aromatic N) is 1. The Labute approximate surface area is 128 Å². The van der Waals surface area contributed by atoms with Crippen LogP contribution in [-0.4, -0.2) is 56.2 Å². The quantitative estimate of drug-likeness (QED) is 0.784. The van der Waals surface area contributed by atoms with Crippen LogP contribution in [-0.2, 0) is 9.53 Å². The number of nitrogens with one attached hydrogen (secondary N) is 2. The lowest BCUT2D eigenvalue weighted by Crippen LogP contribution is -2.48. The summed E-state index contributed by atoms with van der Waals surface area (Å²) in [6.45, 7) is 6.05. The molecule has 0 radical (unpaired) electrons. The number of imide groups is 1. The van der Waals surface area contributed by atoms with Crippen LogP contribution in [0.2, 0.25) is 0 Å². The first kappa shape index (κ1) is 17.1. The molecule has 0 fully saturated rings. The Bertz CT molecular complexity index is 398. The number of methoxy groups -OCH3 is 1. The van der Waals surface area contributed by atoms with Crippen molar-refractivity contribution in [2.45, 2.75) is 26.3 Å². The predicted molar refractivity (Wildman–Crippen MR) is 80.7 cm³/mol. The van der Waals surface area contributed by atoms with Gasteiger partial charge in [0.2, 0.25) is 5.91 Å². The van der Waals surface area contributed by atoms with Crippen molar-refractivity contribution in [3.63, 3.8) is 0 Å². The molecule has 6 nitrogen and oxygen atoms in total. The number of carbonyl (C=O) groups is 2. The topological polar surface area (TPSA) is 70.7 Å². The Balaban J connectivity index is 2.32. The average Bonchev–Trinajstić information content (AvgIpc) is 2.33. The second-order valence-electron chi connectivity index (χ2n) is 5.02. The summed E-state index contributed by atoms with van der Waals surface area (Å²) in [5.41, 5.74) is 1.31. The number of hydrogen-bond donors (Lipinski definition) is 2. The average molecular weight is 348 g/mol.